The van der Waals surface area contributed by atoms with Gasteiger partial charge >= 0.3 is 0 Å². The zero-order chi connectivity index (χ0) is 14.7. The molecule has 0 amide bonds. The fraction of sp³-hybridized carbons (Fsp3) is 0.429. The molecule has 110 valence electrons. The molecular formula is C14H16N4O2S. The predicted molar refractivity (Wildman–Crippen MR) is 81.3 cm³/mol. The Morgan fingerprint density at radius 3 is 2.90 bits per heavy atom. The molecule has 1 aliphatic rings. The second kappa shape index (κ2) is 6.28. The highest BCUT2D eigenvalue weighted by Crippen LogP contribution is 2.31. The number of hydrogen-bond acceptors (Lipinski definition) is 6. The average molecular weight is 304 g/mol. The monoisotopic (exact) mass is 304 g/mol. The van der Waals surface area contributed by atoms with Gasteiger partial charge in [-0.25, -0.2) is 0 Å². The van der Waals surface area contributed by atoms with Gasteiger partial charge in [0.05, 0.1) is 10.5 Å². The van der Waals surface area contributed by atoms with E-state index in [-0.39, 0.29) is 10.6 Å². The number of nitrogens with one attached hydrogen (secondary N) is 1. The summed E-state index contributed by atoms with van der Waals surface area (Å²) in [5, 5.41) is 24.3. The van der Waals surface area contributed by atoms with Crippen LogP contribution in [-0.2, 0) is 6.42 Å². The molecule has 1 aromatic carbocycles. The van der Waals surface area contributed by atoms with Gasteiger partial charge in [0.25, 0.3) is 5.69 Å². The zero-order valence-corrected chi connectivity index (χ0v) is 12.3. The lowest BCUT2D eigenvalue weighted by Crippen LogP contribution is -2.17. The van der Waals surface area contributed by atoms with Gasteiger partial charge in [-0.15, -0.1) is 10.2 Å². The smallest absolute Gasteiger partial charge is 0.279 e. The molecule has 0 saturated heterocycles. The van der Waals surface area contributed by atoms with Crippen molar-refractivity contribution in [2.24, 2.45) is 0 Å². The minimum absolute atomic E-state index is 0.0793. The highest BCUT2D eigenvalue weighted by atomic mass is 32.1. The maximum atomic E-state index is 11.0. The Kier molecular flexibility index (Phi) is 4.21. The lowest BCUT2D eigenvalue weighted by Gasteiger charge is -1.99. The first-order valence-corrected chi connectivity index (χ1v) is 7.85. The standard InChI is InChI=1S/C14H16N4O2S/c19-18(20)12-5-2-1-4-11(12)14-17-16-13(21-14)6-3-9-15-10-7-8-10/h1-2,4-5,10,15H,3,6-9H2. The second-order valence-electron chi connectivity index (χ2n) is 5.11. The van der Waals surface area contributed by atoms with E-state index in [2.05, 4.69) is 15.5 Å². The SMILES string of the molecule is O=[N+]([O-])c1ccccc1-c1nnc(CCCNC2CC2)s1. The summed E-state index contributed by atoms with van der Waals surface area (Å²) < 4.78 is 0. The molecular weight excluding hydrogens is 288 g/mol. The van der Waals surface area contributed by atoms with Gasteiger partial charge in [-0.1, -0.05) is 23.5 Å². The van der Waals surface area contributed by atoms with E-state index in [1.165, 1.54) is 30.2 Å². The van der Waals surface area contributed by atoms with Crippen LogP contribution in [0.4, 0.5) is 5.69 Å². The maximum Gasteiger partial charge on any atom is 0.279 e. The average Bonchev–Trinajstić information content (AvgIpc) is 3.20. The summed E-state index contributed by atoms with van der Waals surface area (Å²) in [5.41, 5.74) is 0.623. The van der Waals surface area contributed by atoms with Crippen molar-refractivity contribution < 1.29 is 4.92 Å². The molecule has 1 aromatic heterocycles. The van der Waals surface area contributed by atoms with Crippen molar-refractivity contribution in [1.29, 1.82) is 0 Å². The van der Waals surface area contributed by atoms with Crippen LogP contribution in [0.1, 0.15) is 24.3 Å². The van der Waals surface area contributed by atoms with Crippen molar-refractivity contribution >= 4 is 17.0 Å². The number of aryl methyl sites for hydroxylation is 1. The summed E-state index contributed by atoms with van der Waals surface area (Å²) >= 11 is 1.44. The molecule has 3 rings (SSSR count). The van der Waals surface area contributed by atoms with Gasteiger partial charge in [0.1, 0.15) is 5.01 Å². The van der Waals surface area contributed by atoms with Crippen LogP contribution in [0.3, 0.4) is 0 Å². The summed E-state index contributed by atoms with van der Waals surface area (Å²) in [4.78, 5) is 10.7. The third kappa shape index (κ3) is 3.62. The molecule has 7 heteroatoms. The van der Waals surface area contributed by atoms with Gasteiger partial charge in [0, 0.05) is 18.5 Å². The van der Waals surface area contributed by atoms with Crippen LogP contribution in [0.15, 0.2) is 24.3 Å². The second-order valence-corrected chi connectivity index (χ2v) is 6.17. The molecule has 0 unspecified atom stereocenters. The number of para-hydroxylation sites is 1. The van der Waals surface area contributed by atoms with Gasteiger partial charge in [0.2, 0.25) is 0 Å². The Morgan fingerprint density at radius 1 is 1.33 bits per heavy atom. The Morgan fingerprint density at radius 2 is 2.14 bits per heavy atom. The van der Waals surface area contributed by atoms with Crippen molar-refractivity contribution in [3.05, 3.63) is 39.4 Å². The van der Waals surface area contributed by atoms with E-state index >= 15 is 0 Å². The summed E-state index contributed by atoms with van der Waals surface area (Å²) in [6, 6.07) is 7.38. The Balaban J connectivity index is 1.65. The molecule has 0 bridgehead atoms. The number of nitro benzene ring substituents is 1. The predicted octanol–water partition coefficient (Wildman–Crippen LogP) is 2.80. The van der Waals surface area contributed by atoms with Crippen LogP contribution in [0.5, 0.6) is 0 Å². The van der Waals surface area contributed by atoms with E-state index in [1.807, 2.05) is 0 Å². The third-order valence-electron chi connectivity index (χ3n) is 3.38. The topological polar surface area (TPSA) is 81.0 Å². The van der Waals surface area contributed by atoms with Crippen LogP contribution in [-0.4, -0.2) is 27.7 Å². The van der Waals surface area contributed by atoms with Gasteiger partial charge in [0.15, 0.2) is 5.01 Å². The molecule has 1 aliphatic carbocycles. The van der Waals surface area contributed by atoms with Gasteiger partial charge in [-0.2, -0.15) is 0 Å². The minimum Gasteiger partial charge on any atom is -0.314 e. The van der Waals surface area contributed by atoms with Crippen LogP contribution >= 0.6 is 11.3 Å². The van der Waals surface area contributed by atoms with Crippen LogP contribution < -0.4 is 5.32 Å². The molecule has 6 nitrogen and oxygen atoms in total. The third-order valence-corrected chi connectivity index (χ3v) is 4.39. The molecule has 1 heterocycles. The van der Waals surface area contributed by atoms with E-state index < -0.39 is 0 Å². The molecule has 0 spiro atoms. The Labute approximate surface area is 126 Å². The molecule has 21 heavy (non-hydrogen) atoms. The first-order valence-electron chi connectivity index (χ1n) is 7.03. The largest absolute Gasteiger partial charge is 0.314 e. The van der Waals surface area contributed by atoms with E-state index in [0.717, 1.165) is 30.4 Å². The molecule has 1 saturated carbocycles. The fourth-order valence-electron chi connectivity index (χ4n) is 2.11. The van der Waals surface area contributed by atoms with Gasteiger partial charge < -0.3 is 5.32 Å². The number of hydrogen-bond donors (Lipinski definition) is 1. The normalized spacial score (nSPS) is 14.3. The van der Waals surface area contributed by atoms with Crippen molar-refractivity contribution in [3.8, 4) is 10.6 Å². The number of nitrogens with zero attached hydrogens (tertiary/aromatic N) is 3. The molecule has 1 fully saturated rings. The van der Waals surface area contributed by atoms with Gasteiger partial charge in [-0.05, 0) is 31.9 Å². The molecule has 2 aromatic rings. The van der Waals surface area contributed by atoms with Crippen molar-refractivity contribution in [3.63, 3.8) is 0 Å². The zero-order valence-electron chi connectivity index (χ0n) is 11.5. The number of benzene rings is 1. The summed E-state index contributed by atoms with van der Waals surface area (Å²) in [6.45, 7) is 0.991. The summed E-state index contributed by atoms with van der Waals surface area (Å²) in [6.07, 6.45) is 4.46. The summed E-state index contributed by atoms with van der Waals surface area (Å²) in [7, 11) is 0. The lowest BCUT2D eigenvalue weighted by molar-refractivity contribution is -0.384. The van der Waals surface area contributed by atoms with Crippen LogP contribution in [0.2, 0.25) is 0 Å². The molecule has 0 atom stereocenters. The van der Waals surface area contributed by atoms with E-state index in [4.69, 9.17) is 0 Å². The highest BCUT2D eigenvalue weighted by Gasteiger charge is 2.20. The lowest BCUT2D eigenvalue weighted by atomic mass is 10.2. The van der Waals surface area contributed by atoms with Crippen molar-refractivity contribution in [2.75, 3.05) is 6.54 Å². The van der Waals surface area contributed by atoms with Gasteiger partial charge in [-0.3, -0.25) is 10.1 Å². The van der Waals surface area contributed by atoms with Crippen molar-refractivity contribution in [1.82, 2.24) is 15.5 Å². The van der Waals surface area contributed by atoms with Crippen LogP contribution in [0, 0.1) is 10.1 Å². The number of aromatic nitrogens is 2. The molecule has 1 N–H and O–H groups in total. The van der Waals surface area contributed by atoms with E-state index in [0.29, 0.717) is 10.6 Å². The summed E-state index contributed by atoms with van der Waals surface area (Å²) in [5.74, 6) is 0. The first-order chi connectivity index (χ1) is 10.2. The number of nitro groups is 1. The first kappa shape index (κ1) is 14.1. The molecule has 0 radical (unpaired) electrons. The van der Waals surface area contributed by atoms with E-state index in [9.17, 15) is 10.1 Å². The fourth-order valence-corrected chi connectivity index (χ4v) is 3.03. The quantitative estimate of drug-likeness (QED) is 0.483. The Bertz CT molecular complexity index is 639. The van der Waals surface area contributed by atoms with Crippen LogP contribution in [0.25, 0.3) is 10.6 Å². The maximum absolute atomic E-state index is 11.0. The van der Waals surface area contributed by atoms with Crippen molar-refractivity contribution in [2.45, 2.75) is 31.7 Å². The number of rotatable bonds is 7. The highest BCUT2D eigenvalue weighted by molar-refractivity contribution is 7.14. The minimum atomic E-state index is -0.379. The molecule has 0 aliphatic heterocycles. The Hall–Kier alpha value is -1.86. The van der Waals surface area contributed by atoms with E-state index in [1.54, 1.807) is 18.2 Å².